The lowest BCUT2D eigenvalue weighted by atomic mass is 10.1. The van der Waals surface area contributed by atoms with Crippen molar-refractivity contribution in [1.29, 1.82) is 0 Å². The standard InChI is InChI=1S/C14H15NO2S2/c16-13(11-6-9-18-10-11)5-7-15-14(17)4-3-12-2-1-8-19-12/h1-4,6,8-10,13,16H,5,7H2,(H,15,17)/b4-3+. The van der Waals surface area contributed by atoms with Gasteiger partial charge in [0.05, 0.1) is 6.10 Å². The SMILES string of the molecule is O=C(/C=C/c1cccs1)NCCC(O)c1ccsc1. The van der Waals surface area contributed by atoms with Gasteiger partial charge in [-0.15, -0.1) is 11.3 Å². The fraction of sp³-hybridized carbons (Fsp3) is 0.214. The highest BCUT2D eigenvalue weighted by Gasteiger charge is 2.07. The molecule has 0 radical (unpaired) electrons. The minimum absolute atomic E-state index is 0.133. The summed E-state index contributed by atoms with van der Waals surface area (Å²) in [6.45, 7) is 0.463. The molecular weight excluding hydrogens is 278 g/mol. The Labute approximate surface area is 120 Å². The lowest BCUT2D eigenvalue weighted by Gasteiger charge is -2.08. The second-order valence-electron chi connectivity index (χ2n) is 4.00. The predicted molar refractivity (Wildman–Crippen MR) is 80.3 cm³/mol. The molecule has 2 aromatic heterocycles. The molecule has 0 fully saturated rings. The van der Waals surface area contributed by atoms with Gasteiger partial charge in [-0.3, -0.25) is 4.79 Å². The molecule has 0 aliphatic heterocycles. The van der Waals surface area contributed by atoms with E-state index in [4.69, 9.17) is 0 Å². The average Bonchev–Trinajstić information content (AvgIpc) is 3.09. The fourth-order valence-corrected chi connectivity index (χ4v) is 2.89. The smallest absolute Gasteiger partial charge is 0.244 e. The molecule has 1 unspecified atom stereocenters. The molecule has 2 heterocycles. The Kier molecular flexibility index (Phi) is 5.32. The van der Waals surface area contributed by atoms with Crippen LogP contribution in [-0.2, 0) is 4.79 Å². The van der Waals surface area contributed by atoms with Gasteiger partial charge in [-0.2, -0.15) is 11.3 Å². The minimum atomic E-state index is -0.507. The largest absolute Gasteiger partial charge is 0.388 e. The van der Waals surface area contributed by atoms with Crippen LogP contribution in [0.25, 0.3) is 6.08 Å². The quantitative estimate of drug-likeness (QED) is 0.804. The molecule has 100 valence electrons. The van der Waals surface area contributed by atoms with Crippen LogP contribution < -0.4 is 5.32 Å². The number of rotatable bonds is 6. The van der Waals surface area contributed by atoms with Gasteiger partial charge in [0.25, 0.3) is 0 Å². The number of aliphatic hydroxyl groups excluding tert-OH is 1. The van der Waals surface area contributed by atoms with E-state index in [1.54, 1.807) is 28.7 Å². The first kappa shape index (κ1) is 14.0. The average molecular weight is 293 g/mol. The summed E-state index contributed by atoms with van der Waals surface area (Å²) in [7, 11) is 0. The zero-order valence-electron chi connectivity index (χ0n) is 10.3. The molecule has 0 bridgehead atoms. The first-order valence-corrected chi connectivity index (χ1v) is 7.77. The summed E-state index contributed by atoms with van der Waals surface area (Å²) in [5, 5.41) is 18.4. The maximum absolute atomic E-state index is 11.5. The van der Waals surface area contributed by atoms with Crippen LogP contribution in [0.4, 0.5) is 0 Å². The zero-order valence-corrected chi connectivity index (χ0v) is 11.9. The number of aliphatic hydroxyl groups is 1. The lowest BCUT2D eigenvalue weighted by molar-refractivity contribution is -0.116. The van der Waals surface area contributed by atoms with Crippen LogP contribution in [0.3, 0.4) is 0 Å². The van der Waals surface area contributed by atoms with Crippen LogP contribution in [0.5, 0.6) is 0 Å². The molecule has 0 saturated carbocycles. The zero-order chi connectivity index (χ0) is 13.5. The Balaban J connectivity index is 1.69. The fourth-order valence-electron chi connectivity index (χ4n) is 1.57. The number of thiophene rings is 2. The van der Waals surface area contributed by atoms with Crippen molar-refractivity contribution in [1.82, 2.24) is 5.32 Å². The van der Waals surface area contributed by atoms with E-state index >= 15 is 0 Å². The molecule has 0 aliphatic carbocycles. The van der Waals surface area contributed by atoms with Gasteiger partial charge in [0.1, 0.15) is 0 Å². The van der Waals surface area contributed by atoms with Crippen LogP contribution in [0.2, 0.25) is 0 Å². The van der Waals surface area contributed by atoms with Crippen molar-refractivity contribution in [3.63, 3.8) is 0 Å². The topological polar surface area (TPSA) is 49.3 Å². The summed E-state index contributed by atoms with van der Waals surface area (Å²) >= 11 is 3.14. The van der Waals surface area contributed by atoms with Crippen molar-refractivity contribution in [3.05, 3.63) is 50.9 Å². The molecule has 0 spiro atoms. The van der Waals surface area contributed by atoms with Gasteiger partial charge >= 0.3 is 0 Å². The van der Waals surface area contributed by atoms with Gasteiger partial charge in [0.15, 0.2) is 0 Å². The summed E-state index contributed by atoms with van der Waals surface area (Å²) in [6, 6.07) is 5.79. The van der Waals surface area contributed by atoms with E-state index in [0.717, 1.165) is 10.4 Å². The third-order valence-electron chi connectivity index (χ3n) is 2.59. The maximum atomic E-state index is 11.5. The van der Waals surface area contributed by atoms with Crippen LogP contribution >= 0.6 is 22.7 Å². The third-order valence-corrected chi connectivity index (χ3v) is 4.13. The van der Waals surface area contributed by atoms with E-state index in [2.05, 4.69) is 5.32 Å². The number of amides is 1. The molecule has 1 atom stereocenters. The van der Waals surface area contributed by atoms with Crippen molar-refractivity contribution in [2.75, 3.05) is 6.54 Å². The maximum Gasteiger partial charge on any atom is 0.244 e. The molecule has 0 aromatic carbocycles. The molecule has 1 amide bonds. The summed E-state index contributed by atoms with van der Waals surface area (Å²) in [4.78, 5) is 12.6. The summed E-state index contributed by atoms with van der Waals surface area (Å²) in [6.07, 6.45) is 3.32. The molecule has 0 saturated heterocycles. The van der Waals surface area contributed by atoms with Gasteiger partial charge in [-0.05, 0) is 46.3 Å². The van der Waals surface area contributed by atoms with Gasteiger partial charge in [-0.25, -0.2) is 0 Å². The summed E-state index contributed by atoms with van der Waals surface area (Å²) in [5.74, 6) is -0.133. The first-order valence-electron chi connectivity index (χ1n) is 5.95. The number of hydrogen-bond acceptors (Lipinski definition) is 4. The van der Waals surface area contributed by atoms with E-state index in [9.17, 15) is 9.90 Å². The molecular formula is C14H15NO2S2. The molecule has 2 aromatic rings. The summed E-state index contributed by atoms with van der Waals surface area (Å²) < 4.78 is 0. The number of hydrogen-bond donors (Lipinski definition) is 2. The van der Waals surface area contributed by atoms with Crippen LogP contribution in [0.15, 0.2) is 40.4 Å². The van der Waals surface area contributed by atoms with Crippen molar-refractivity contribution in [2.24, 2.45) is 0 Å². The molecule has 0 aliphatic rings. The molecule has 5 heteroatoms. The monoisotopic (exact) mass is 293 g/mol. The molecule has 3 nitrogen and oxygen atoms in total. The summed E-state index contributed by atoms with van der Waals surface area (Å²) in [5.41, 5.74) is 0.911. The Morgan fingerprint density at radius 1 is 1.42 bits per heavy atom. The van der Waals surface area contributed by atoms with Gasteiger partial charge < -0.3 is 10.4 Å². The van der Waals surface area contributed by atoms with Crippen LogP contribution in [0, 0.1) is 0 Å². The van der Waals surface area contributed by atoms with E-state index in [1.165, 1.54) is 6.08 Å². The number of nitrogens with one attached hydrogen (secondary N) is 1. The Morgan fingerprint density at radius 3 is 3.00 bits per heavy atom. The molecule has 2 rings (SSSR count). The van der Waals surface area contributed by atoms with E-state index in [1.807, 2.05) is 34.3 Å². The highest BCUT2D eigenvalue weighted by atomic mass is 32.1. The predicted octanol–water partition coefficient (Wildman–Crippen LogP) is 3.06. The van der Waals surface area contributed by atoms with Gasteiger partial charge in [0.2, 0.25) is 5.91 Å². The molecule has 2 N–H and O–H groups in total. The Morgan fingerprint density at radius 2 is 2.32 bits per heavy atom. The van der Waals surface area contributed by atoms with E-state index in [0.29, 0.717) is 13.0 Å². The first-order chi connectivity index (χ1) is 9.25. The van der Waals surface area contributed by atoms with E-state index < -0.39 is 6.10 Å². The second-order valence-corrected chi connectivity index (χ2v) is 5.76. The second kappa shape index (κ2) is 7.23. The van der Waals surface area contributed by atoms with Crippen LogP contribution in [-0.4, -0.2) is 17.6 Å². The van der Waals surface area contributed by atoms with Gasteiger partial charge in [-0.1, -0.05) is 6.07 Å². The molecule has 19 heavy (non-hydrogen) atoms. The third kappa shape index (κ3) is 4.63. The Hall–Kier alpha value is -1.43. The Bertz CT molecular complexity index is 518. The van der Waals surface area contributed by atoms with Crippen molar-refractivity contribution in [3.8, 4) is 0 Å². The highest BCUT2D eigenvalue weighted by molar-refractivity contribution is 7.10. The number of carbonyl (C=O) groups is 1. The number of carbonyl (C=O) groups excluding carboxylic acids is 1. The van der Waals surface area contributed by atoms with Crippen molar-refractivity contribution in [2.45, 2.75) is 12.5 Å². The van der Waals surface area contributed by atoms with Crippen molar-refractivity contribution >= 4 is 34.7 Å². The lowest BCUT2D eigenvalue weighted by Crippen LogP contribution is -2.23. The van der Waals surface area contributed by atoms with Crippen LogP contribution in [0.1, 0.15) is 23.0 Å². The van der Waals surface area contributed by atoms with E-state index in [-0.39, 0.29) is 5.91 Å². The van der Waals surface area contributed by atoms with Gasteiger partial charge in [0, 0.05) is 17.5 Å². The highest BCUT2D eigenvalue weighted by Crippen LogP contribution is 2.18. The normalized spacial score (nSPS) is 12.7. The van der Waals surface area contributed by atoms with Crippen molar-refractivity contribution < 1.29 is 9.90 Å². The minimum Gasteiger partial charge on any atom is -0.388 e.